The number of piperidine rings is 1. The van der Waals surface area contributed by atoms with Gasteiger partial charge >= 0.3 is 0 Å². The number of likely N-dealkylation sites (tertiary alicyclic amines) is 1. The average Bonchev–Trinajstić information content (AvgIpc) is 3.19. The smallest absolute Gasteiger partial charge is 0.266 e. The van der Waals surface area contributed by atoms with Crippen molar-refractivity contribution in [2.45, 2.75) is 25.9 Å². The van der Waals surface area contributed by atoms with Gasteiger partial charge in [-0.2, -0.15) is 5.10 Å². The summed E-state index contributed by atoms with van der Waals surface area (Å²) in [6, 6.07) is 7.17. The molecule has 0 spiro atoms. The molecule has 4 rings (SSSR count). The minimum Gasteiger partial charge on any atom is -0.448 e. The van der Waals surface area contributed by atoms with E-state index in [1.54, 1.807) is 41.7 Å². The quantitative estimate of drug-likeness (QED) is 0.701. The summed E-state index contributed by atoms with van der Waals surface area (Å²) in [7, 11) is 0. The molecular formula is C19H21N5O2. The highest BCUT2D eigenvalue weighted by Gasteiger charge is 2.21. The van der Waals surface area contributed by atoms with Crippen LogP contribution in [0.4, 0.5) is 0 Å². The zero-order valence-corrected chi connectivity index (χ0v) is 14.5. The van der Waals surface area contributed by atoms with E-state index in [1.165, 1.54) is 0 Å². The van der Waals surface area contributed by atoms with Crippen LogP contribution < -0.4 is 5.56 Å². The van der Waals surface area contributed by atoms with Gasteiger partial charge in [-0.15, -0.1) is 0 Å². The molecule has 4 heterocycles. The number of rotatable bonds is 5. The monoisotopic (exact) mass is 351 g/mol. The number of pyridine rings is 1. The molecule has 1 saturated heterocycles. The Kier molecular flexibility index (Phi) is 4.88. The molecule has 0 bridgehead atoms. The van der Waals surface area contributed by atoms with E-state index < -0.39 is 0 Å². The number of hydrogen-bond acceptors (Lipinski definition) is 6. The standard InChI is InChI=1S/C19H21N5O2/c25-19-2-1-17(16-3-7-20-8-4-16)22-24(19)13-15-5-10-23(11-6-15)14-18-21-9-12-26-18/h1-4,7-9,12,15H,5-6,10-11,13-14H2. The van der Waals surface area contributed by atoms with Gasteiger partial charge in [0.15, 0.2) is 0 Å². The van der Waals surface area contributed by atoms with Crippen LogP contribution in [0.2, 0.25) is 0 Å². The Labute approximate surface area is 151 Å². The fourth-order valence-corrected chi connectivity index (χ4v) is 3.35. The normalized spacial score (nSPS) is 16.0. The molecule has 7 nitrogen and oxygen atoms in total. The fraction of sp³-hybridized carbons (Fsp3) is 0.368. The number of aromatic nitrogens is 4. The lowest BCUT2D eigenvalue weighted by Gasteiger charge is -2.31. The largest absolute Gasteiger partial charge is 0.448 e. The first-order chi connectivity index (χ1) is 12.8. The summed E-state index contributed by atoms with van der Waals surface area (Å²) in [6.45, 7) is 3.36. The summed E-state index contributed by atoms with van der Waals surface area (Å²) in [5.74, 6) is 1.21. The zero-order valence-electron chi connectivity index (χ0n) is 14.5. The molecule has 7 heteroatoms. The average molecular weight is 351 g/mol. The molecule has 0 saturated carbocycles. The van der Waals surface area contributed by atoms with Gasteiger partial charge in [0.25, 0.3) is 5.56 Å². The summed E-state index contributed by atoms with van der Waals surface area (Å²) in [5, 5.41) is 4.55. The summed E-state index contributed by atoms with van der Waals surface area (Å²) in [4.78, 5) is 22.8. The molecule has 0 N–H and O–H groups in total. The Morgan fingerprint density at radius 3 is 2.62 bits per heavy atom. The zero-order chi connectivity index (χ0) is 17.8. The third-order valence-corrected chi connectivity index (χ3v) is 4.82. The Hall–Kier alpha value is -2.80. The van der Waals surface area contributed by atoms with Crippen LogP contribution in [0, 0.1) is 5.92 Å². The van der Waals surface area contributed by atoms with E-state index in [0.717, 1.165) is 49.6 Å². The van der Waals surface area contributed by atoms with Gasteiger partial charge in [0.2, 0.25) is 5.89 Å². The lowest BCUT2D eigenvalue weighted by molar-refractivity contribution is 0.152. The van der Waals surface area contributed by atoms with Gasteiger partial charge in [-0.25, -0.2) is 9.67 Å². The summed E-state index contributed by atoms with van der Waals surface area (Å²) in [5.41, 5.74) is 1.72. The predicted octanol–water partition coefficient (Wildman–Crippen LogP) is 2.21. The van der Waals surface area contributed by atoms with E-state index in [2.05, 4.69) is 20.0 Å². The van der Waals surface area contributed by atoms with Gasteiger partial charge in [-0.3, -0.25) is 14.7 Å². The van der Waals surface area contributed by atoms with Crippen molar-refractivity contribution in [3.05, 3.63) is 65.4 Å². The molecule has 3 aromatic heterocycles. The van der Waals surface area contributed by atoms with Crippen LogP contribution in [0.3, 0.4) is 0 Å². The lowest BCUT2D eigenvalue weighted by Crippen LogP contribution is -2.36. The minimum atomic E-state index is -0.0509. The first-order valence-corrected chi connectivity index (χ1v) is 8.87. The highest BCUT2D eigenvalue weighted by atomic mass is 16.3. The van der Waals surface area contributed by atoms with E-state index in [9.17, 15) is 4.79 Å². The Morgan fingerprint density at radius 2 is 1.88 bits per heavy atom. The number of hydrogen-bond donors (Lipinski definition) is 0. The van der Waals surface area contributed by atoms with Crippen LogP contribution in [0.1, 0.15) is 18.7 Å². The van der Waals surface area contributed by atoms with Crippen LogP contribution in [0.5, 0.6) is 0 Å². The Bertz CT molecular complexity index is 884. The third kappa shape index (κ3) is 3.88. The van der Waals surface area contributed by atoms with Gasteiger partial charge in [-0.1, -0.05) is 0 Å². The number of nitrogens with zero attached hydrogens (tertiary/aromatic N) is 5. The second kappa shape index (κ2) is 7.61. The maximum atomic E-state index is 12.2. The predicted molar refractivity (Wildman–Crippen MR) is 96.2 cm³/mol. The maximum absolute atomic E-state index is 12.2. The fourth-order valence-electron chi connectivity index (χ4n) is 3.35. The molecule has 1 aliphatic rings. The van der Waals surface area contributed by atoms with E-state index in [1.807, 2.05) is 12.1 Å². The minimum absolute atomic E-state index is 0.0509. The van der Waals surface area contributed by atoms with Gasteiger partial charge in [0.1, 0.15) is 6.26 Å². The maximum Gasteiger partial charge on any atom is 0.266 e. The molecule has 1 fully saturated rings. The molecule has 3 aromatic rings. The van der Waals surface area contributed by atoms with Crippen molar-refractivity contribution >= 4 is 0 Å². The van der Waals surface area contributed by atoms with Crippen LogP contribution in [-0.4, -0.2) is 37.7 Å². The van der Waals surface area contributed by atoms with E-state index in [4.69, 9.17) is 4.42 Å². The van der Waals surface area contributed by atoms with Gasteiger partial charge in [0, 0.05) is 30.6 Å². The van der Waals surface area contributed by atoms with Crippen LogP contribution in [0.25, 0.3) is 11.3 Å². The van der Waals surface area contributed by atoms with Crippen molar-refractivity contribution in [1.29, 1.82) is 0 Å². The van der Waals surface area contributed by atoms with Crippen LogP contribution >= 0.6 is 0 Å². The van der Waals surface area contributed by atoms with Crippen molar-refractivity contribution in [3.63, 3.8) is 0 Å². The van der Waals surface area contributed by atoms with Crippen molar-refractivity contribution in [2.75, 3.05) is 13.1 Å². The molecule has 0 atom stereocenters. The van der Waals surface area contributed by atoms with Crippen molar-refractivity contribution in [3.8, 4) is 11.3 Å². The first kappa shape index (κ1) is 16.7. The highest BCUT2D eigenvalue weighted by Crippen LogP contribution is 2.20. The Morgan fingerprint density at radius 1 is 1.08 bits per heavy atom. The molecular weight excluding hydrogens is 330 g/mol. The second-order valence-electron chi connectivity index (χ2n) is 6.62. The molecule has 0 aliphatic carbocycles. The van der Waals surface area contributed by atoms with Crippen LogP contribution in [-0.2, 0) is 13.1 Å². The summed E-state index contributed by atoms with van der Waals surface area (Å²) >= 11 is 0. The lowest BCUT2D eigenvalue weighted by atomic mass is 9.97. The Balaban J connectivity index is 1.39. The SMILES string of the molecule is O=c1ccc(-c2ccncc2)nn1CC1CCN(Cc2ncco2)CC1. The molecule has 1 aliphatic heterocycles. The van der Waals surface area contributed by atoms with Crippen molar-refractivity contribution in [2.24, 2.45) is 5.92 Å². The van der Waals surface area contributed by atoms with E-state index in [0.29, 0.717) is 12.5 Å². The summed E-state index contributed by atoms with van der Waals surface area (Å²) < 4.78 is 6.92. The number of oxazole rings is 1. The molecule has 0 aromatic carbocycles. The second-order valence-corrected chi connectivity index (χ2v) is 6.62. The van der Waals surface area contributed by atoms with Crippen molar-refractivity contribution in [1.82, 2.24) is 24.6 Å². The van der Waals surface area contributed by atoms with Gasteiger partial charge < -0.3 is 4.42 Å². The first-order valence-electron chi connectivity index (χ1n) is 8.87. The molecule has 0 amide bonds. The van der Waals surface area contributed by atoms with E-state index in [-0.39, 0.29) is 5.56 Å². The third-order valence-electron chi connectivity index (χ3n) is 4.82. The van der Waals surface area contributed by atoms with E-state index >= 15 is 0 Å². The van der Waals surface area contributed by atoms with Gasteiger partial charge in [0.05, 0.1) is 18.4 Å². The molecule has 134 valence electrons. The van der Waals surface area contributed by atoms with Crippen LogP contribution in [0.15, 0.2) is 58.3 Å². The highest BCUT2D eigenvalue weighted by molar-refractivity contribution is 5.56. The summed E-state index contributed by atoms with van der Waals surface area (Å²) in [6.07, 6.45) is 8.82. The molecule has 0 unspecified atom stereocenters. The molecule has 0 radical (unpaired) electrons. The topological polar surface area (TPSA) is 77.1 Å². The van der Waals surface area contributed by atoms with Gasteiger partial charge in [-0.05, 0) is 50.0 Å². The molecule has 26 heavy (non-hydrogen) atoms. The van der Waals surface area contributed by atoms with Crippen molar-refractivity contribution < 1.29 is 4.42 Å².